The molecule has 6 rings (SSSR count). The van der Waals surface area contributed by atoms with Crippen LogP contribution in [0.15, 0.2) is 81.8 Å². The van der Waals surface area contributed by atoms with Crippen LogP contribution in [0.4, 0.5) is 18.9 Å². The molecule has 0 bridgehead atoms. The molecule has 0 unspecified atom stereocenters. The normalized spacial score (nSPS) is 11.8. The number of nitrogens with one attached hydrogen (secondary N) is 1. The van der Waals surface area contributed by atoms with Crippen LogP contribution in [0.5, 0.6) is 0 Å². The number of halogens is 3. The van der Waals surface area contributed by atoms with Crippen LogP contribution in [0.3, 0.4) is 0 Å². The molecule has 3 aromatic heterocycles. The van der Waals surface area contributed by atoms with Gasteiger partial charge in [-0.3, -0.25) is 13.5 Å². The molecule has 0 saturated heterocycles. The van der Waals surface area contributed by atoms with E-state index in [2.05, 4.69) is 15.3 Å². The molecule has 0 aliphatic heterocycles. The van der Waals surface area contributed by atoms with Crippen molar-refractivity contribution < 1.29 is 35.2 Å². The fraction of sp³-hybridized carbons (Fsp3) is 0.156. The van der Waals surface area contributed by atoms with E-state index in [0.29, 0.717) is 16.8 Å². The van der Waals surface area contributed by atoms with E-state index in [1.807, 2.05) is 0 Å². The van der Waals surface area contributed by atoms with E-state index in [1.54, 1.807) is 24.4 Å². The smallest absolute Gasteiger partial charge is 0.255 e. The van der Waals surface area contributed by atoms with E-state index in [1.165, 1.54) is 55.6 Å². The number of benzene rings is 3. The number of fused-ring (bicyclic) bond motifs is 2. The molecular weight excluding hydrogens is 609 g/mol. The summed E-state index contributed by atoms with van der Waals surface area (Å²) >= 11 is 0. The summed E-state index contributed by atoms with van der Waals surface area (Å²) in [7, 11) is -2.56. The Kier molecular flexibility index (Phi) is 7.79. The van der Waals surface area contributed by atoms with Crippen LogP contribution in [0, 0.1) is 11.6 Å². The van der Waals surface area contributed by atoms with Gasteiger partial charge in [-0.05, 0) is 72.6 Å². The van der Waals surface area contributed by atoms with Gasteiger partial charge in [0.25, 0.3) is 5.91 Å². The third-order valence-electron chi connectivity index (χ3n) is 7.15. The summed E-state index contributed by atoms with van der Waals surface area (Å²) in [6.45, 7) is -1.00. The number of hydrogen-bond acceptors (Lipinski definition) is 7. The predicted molar refractivity (Wildman–Crippen MR) is 164 cm³/mol. The number of aromatic nitrogens is 2. The number of amides is 1. The summed E-state index contributed by atoms with van der Waals surface area (Å²) in [5, 5.41) is 2.86. The first kappa shape index (κ1) is 29.9. The van der Waals surface area contributed by atoms with Gasteiger partial charge < -0.3 is 14.2 Å². The highest BCUT2D eigenvalue weighted by molar-refractivity contribution is 7.92. The van der Waals surface area contributed by atoms with E-state index in [9.17, 15) is 22.0 Å². The van der Waals surface area contributed by atoms with Crippen LogP contribution in [-0.2, 0) is 10.0 Å². The number of sulfonamides is 1. The summed E-state index contributed by atoms with van der Waals surface area (Å²) < 4.78 is 81.4. The van der Waals surface area contributed by atoms with Crippen LogP contribution in [0.1, 0.15) is 16.8 Å². The first-order valence-corrected chi connectivity index (χ1v) is 15.6. The minimum absolute atomic E-state index is 0.0668. The maximum atomic E-state index is 15.3. The molecule has 0 atom stereocenters. The summed E-state index contributed by atoms with van der Waals surface area (Å²) in [5.74, 6) is -1.50. The molecule has 9 nitrogen and oxygen atoms in total. The lowest BCUT2D eigenvalue weighted by atomic mass is 9.97. The van der Waals surface area contributed by atoms with Gasteiger partial charge in [0, 0.05) is 47.9 Å². The van der Waals surface area contributed by atoms with E-state index >= 15 is 4.39 Å². The lowest BCUT2D eigenvalue weighted by Crippen LogP contribution is -2.31. The molecule has 0 aliphatic rings. The van der Waals surface area contributed by atoms with Crippen LogP contribution < -0.4 is 9.62 Å². The Labute approximate surface area is 255 Å². The zero-order valence-corrected chi connectivity index (χ0v) is 24.8. The number of anilines is 1. The van der Waals surface area contributed by atoms with Crippen molar-refractivity contribution in [3.05, 3.63) is 90.1 Å². The van der Waals surface area contributed by atoms with Crippen LogP contribution in [-0.4, -0.2) is 50.8 Å². The third-order valence-corrected chi connectivity index (χ3v) is 8.33. The molecule has 230 valence electrons. The summed E-state index contributed by atoms with van der Waals surface area (Å²) in [4.78, 5) is 21.7. The Morgan fingerprint density at radius 3 is 2.38 bits per heavy atom. The van der Waals surface area contributed by atoms with Crippen molar-refractivity contribution in [3.8, 4) is 33.9 Å². The second kappa shape index (κ2) is 11.7. The van der Waals surface area contributed by atoms with Gasteiger partial charge in [-0.1, -0.05) is 0 Å². The fourth-order valence-corrected chi connectivity index (χ4v) is 6.12. The van der Waals surface area contributed by atoms with Crippen molar-refractivity contribution in [1.29, 1.82) is 0 Å². The van der Waals surface area contributed by atoms with Crippen LogP contribution in [0.2, 0.25) is 0 Å². The van der Waals surface area contributed by atoms with E-state index in [4.69, 9.17) is 8.83 Å². The van der Waals surface area contributed by atoms with Gasteiger partial charge in [0.2, 0.25) is 15.9 Å². The van der Waals surface area contributed by atoms with Crippen molar-refractivity contribution in [3.63, 3.8) is 0 Å². The molecule has 3 heterocycles. The number of alkyl halides is 1. The minimum Gasteiger partial charge on any atom is -0.455 e. The molecule has 0 saturated carbocycles. The Hall–Kier alpha value is -5.17. The molecular formula is C32H25F3N4O5S. The minimum atomic E-state index is -3.99. The van der Waals surface area contributed by atoms with Gasteiger partial charge in [0.15, 0.2) is 11.2 Å². The number of furan rings is 1. The lowest BCUT2D eigenvalue weighted by molar-refractivity contribution is 0.0964. The second-order valence-corrected chi connectivity index (χ2v) is 12.1. The van der Waals surface area contributed by atoms with Gasteiger partial charge in [0.05, 0.1) is 24.2 Å². The van der Waals surface area contributed by atoms with Gasteiger partial charge >= 0.3 is 0 Å². The monoisotopic (exact) mass is 634 g/mol. The summed E-state index contributed by atoms with van der Waals surface area (Å²) in [6, 6.07) is 15.6. The quantitative estimate of drug-likeness (QED) is 0.187. The van der Waals surface area contributed by atoms with Crippen molar-refractivity contribution in [2.45, 2.75) is 6.42 Å². The molecule has 13 heteroatoms. The van der Waals surface area contributed by atoms with Gasteiger partial charge in [-0.2, -0.15) is 4.98 Å². The topological polar surface area (TPSA) is 119 Å². The number of nitrogens with zero attached hydrogens (tertiary/aromatic N) is 3. The Morgan fingerprint density at radius 2 is 1.69 bits per heavy atom. The molecule has 3 aromatic carbocycles. The average Bonchev–Trinajstić information content (AvgIpc) is 3.62. The number of carbonyl (C=O) groups is 1. The molecule has 1 amide bonds. The van der Waals surface area contributed by atoms with Crippen LogP contribution in [0.25, 0.3) is 56.1 Å². The molecule has 0 radical (unpaired) electrons. The SMILES string of the molecule is CNC(=O)c1c(-c2ccc(F)cc2)oc2cc(N(CCCF)S(C)(=O)=O)c(-c3cc(F)cc(-c4nc5ncccc5o4)c3)cc12. The van der Waals surface area contributed by atoms with Gasteiger partial charge in [-0.15, -0.1) is 0 Å². The van der Waals surface area contributed by atoms with Crippen molar-refractivity contribution in [2.75, 3.05) is 30.8 Å². The number of rotatable bonds is 9. The molecule has 0 spiro atoms. The fourth-order valence-electron chi connectivity index (χ4n) is 5.15. The highest BCUT2D eigenvalue weighted by Crippen LogP contribution is 2.42. The first-order valence-electron chi connectivity index (χ1n) is 13.7. The Morgan fingerprint density at radius 1 is 0.933 bits per heavy atom. The summed E-state index contributed by atoms with van der Waals surface area (Å²) in [6.07, 6.45) is 2.40. The van der Waals surface area contributed by atoms with Crippen molar-refractivity contribution in [1.82, 2.24) is 15.3 Å². The van der Waals surface area contributed by atoms with E-state index < -0.39 is 34.2 Å². The Balaban J connectivity index is 1.65. The second-order valence-electron chi connectivity index (χ2n) is 10.2. The summed E-state index contributed by atoms with van der Waals surface area (Å²) in [5.41, 5.74) is 2.06. The van der Waals surface area contributed by atoms with Gasteiger partial charge in [0.1, 0.15) is 23.0 Å². The zero-order chi connectivity index (χ0) is 31.9. The van der Waals surface area contributed by atoms with E-state index in [0.717, 1.165) is 10.6 Å². The largest absolute Gasteiger partial charge is 0.455 e. The number of pyridine rings is 1. The molecule has 0 aliphatic carbocycles. The predicted octanol–water partition coefficient (Wildman–Crippen LogP) is 6.73. The standard InChI is InChI=1S/C32H25F3N4O5S/c1-36-31(40)28-24-16-23(19-13-20(15-22(35)14-19)32-38-30-26(44-32)5-3-11-37-30)25(39(12-4-10-33)45(2,41)42)17-27(24)43-29(28)18-6-8-21(34)9-7-18/h3,5-9,11,13-17H,4,10,12H2,1-2H3,(H,36,40). The maximum Gasteiger partial charge on any atom is 0.255 e. The third kappa shape index (κ3) is 5.74. The van der Waals surface area contributed by atoms with Crippen molar-refractivity contribution in [2.24, 2.45) is 0 Å². The number of hydrogen-bond donors (Lipinski definition) is 1. The molecule has 45 heavy (non-hydrogen) atoms. The highest BCUT2D eigenvalue weighted by Gasteiger charge is 2.28. The average molecular weight is 635 g/mol. The maximum absolute atomic E-state index is 15.3. The highest BCUT2D eigenvalue weighted by atomic mass is 32.2. The lowest BCUT2D eigenvalue weighted by Gasteiger charge is -2.25. The molecule has 6 aromatic rings. The molecule has 1 N–H and O–H groups in total. The van der Waals surface area contributed by atoms with Crippen LogP contribution >= 0.6 is 0 Å². The zero-order valence-electron chi connectivity index (χ0n) is 24.0. The first-order chi connectivity index (χ1) is 21.6. The van der Waals surface area contributed by atoms with Gasteiger partial charge in [-0.25, -0.2) is 22.2 Å². The Bertz CT molecular complexity index is 2150. The van der Waals surface area contributed by atoms with E-state index in [-0.39, 0.29) is 63.5 Å². The van der Waals surface area contributed by atoms with Crippen molar-refractivity contribution >= 4 is 43.8 Å². The number of carbonyl (C=O) groups excluding carboxylic acids is 1. The number of oxazole rings is 1. The molecule has 0 fully saturated rings.